The predicted molar refractivity (Wildman–Crippen MR) is 86.9 cm³/mol. The minimum absolute atomic E-state index is 0.00132. The van der Waals surface area contributed by atoms with Gasteiger partial charge in [-0.15, -0.1) is 0 Å². The van der Waals surface area contributed by atoms with E-state index >= 15 is 0 Å². The molecule has 5 heteroatoms. The summed E-state index contributed by atoms with van der Waals surface area (Å²) < 4.78 is 5.29. The second kappa shape index (κ2) is 8.15. The number of nitrogens with one attached hydrogen (secondary N) is 2. The number of carbonyl (C=O) groups is 1. The second-order valence-corrected chi connectivity index (χ2v) is 6.00. The Labute approximate surface area is 132 Å². The Morgan fingerprint density at radius 1 is 1.36 bits per heavy atom. The highest BCUT2D eigenvalue weighted by atomic mass is 16.5. The Bertz CT molecular complexity index is 485. The van der Waals surface area contributed by atoms with Gasteiger partial charge in [0.25, 0.3) is 0 Å². The quantitative estimate of drug-likeness (QED) is 0.783. The summed E-state index contributed by atoms with van der Waals surface area (Å²) in [4.78, 5) is 12.1. The van der Waals surface area contributed by atoms with Gasteiger partial charge in [0.05, 0.1) is 6.10 Å². The van der Waals surface area contributed by atoms with Crippen LogP contribution in [0, 0.1) is 5.92 Å². The number of methoxy groups -OCH3 is 1. The molecule has 1 aliphatic carbocycles. The maximum Gasteiger partial charge on any atom is 0.319 e. The summed E-state index contributed by atoms with van der Waals surface area (Å²) in [6, 6.07) is 7.71. The van der Waals surface area contributed by atoms with Crippen molar-refractivity contribution in [2.24, 2.45) is 5.92 Å². The highest BCUT2D eigenvalue weighted by Crippen LogP contribution is 2.24. The first-order valence-corrected chi connectivity index (χ1v) is 7.93. The lowest BCUT2D eigenvalue weighted by Crippen LogP contribution is -2.40. The molecule has 0 radical (unpaired) electrons. The van der Waals surface area contributed by atoms with Crippen molar-refractivity contribution in [1.82, 2.24) is 5.32 Å². The van der Waals surface area contributed by atoms with Crippen molar-refractivity contribution in [2.45, 2.75) is 44.8 Å². The number of rotatable bonds is 5. The standard InChI is InChI=1S/C17H26N2O3/c1-12(22-2)14-4-3-5-16(10-14)19-17(21)18-15-8-6-13(11-20)7-9-15/h3-5,10,12-13,15,20H,6-9,11H2,1-2H3,(H2,18,19,21). The highest BCUT2D eigenvalue weighted by molar-refractivity contribution is 5.89. The van der Waals surface area contributed by atoms with Crippen molar-refractivity contribution < 1.29 is 14.6 Å². The number of benzene rings is 1. The van der Waals surface area contributed by atoms with Gasteiger partial charge in [-0.05, 0) is 56.2 Å². The molecular weight excluding hydrogens is 280 g/mol. The van der Waals surface area contributed by atoms with Crippen LogP contribution in [0.4, 0.5) is 10.5 Å². The first kappa shape index (κ1) is 16.8. The highest BCUT2D eigenvalue weighted by Gasteiger charge is 2.21. The second-order valence-electron chi connectivity index (χ2n) is 6.00. The molecule has 0 heterocycles. The molecule has 3 N–H and O–H groups in total. The van der Waals surface area contributed by atoms with Gasteiger partial charge in [0.2, 0.25) is 0 Å². The third-order valence-electron chi connectivity index (χ3n) is 4.41. The first-order valence-electron chi connectivity index (χ1n) is 7.93. The topological polar surface area (TPSA) is 70.6 Å². The zero-order valence-electron chi connectivity index (χ0n) is 13.3. The van der Waals surface area contributed by atoms with Crippen LogP contribution < -0.4 is 10.6 Å². The molecule has 0 aromatic heterocycles. The van der Waals surface area contributed by atoms with E-state index in [1.807, 2.05) is 31.2 Å². The van der Waals surface area contributed by atoms with E-state index in [1.165, 1.54) is 0 Å². The van der Waals surface area contributed by atoms with Crippen LogP contribution in [0.25, 0.3) is 0 Å². The van der Waals surface area contributed by atoms with Gasteiger partial charge in [-0.1, -0.05) is 12.1 Å². The van der Waals surface area contributed by atoms with Crippen LogP contribution in [0.5, 0.6) is 0 Å². The average Bonchev–Trinajstić information content (AvgIpc) is 2.55. The molecule has 122 valence electrons. The van der Waals surface area contributed by atoms with Crippen molar-refractivity contribution >= 4 is 11.7 Å². The zero-order chi connectivity index (χ0) is 15.9. The molecule has 22 heavy (non-hydrogen) atoms. The van der Waals surface area contributed by atoms with E-state index in [1.54, 1.807) is 7.11 Å². The summed E-state index contributed by atoms with van der Waals surface area (Å²) >= 11 is 0. The lowest BCUT2D eigenvalue weighted by Gasteiger charge is -2.28. The van der Waals surface area contributed by atoms with E-state index in [9.17, 15) is 4.79 Å². The number of ether oxygens (including phenoxy) is 1. The molecule has 0 aliphatic heterocycles. The van der Waals surface area contributed by atoms with Crippen LogP contribution in [0.15, 0.2) is 24.3 Å². The van der Waals surface area contributed by atoms with E-state index in [0.717, 1.165) is 36.9 Å². The Morgan fingerprint density at radius 3 is 2.73 bits per heavy atom. The summed E-state index contributed by atoms with van der Waals surface area (Å²) in [6.45, 7) is 2.22. The van der Waals surface area contributed by atoms with E-state index in [0.29, 0.717) is 5.92 Å². The molecule has 1 aliphatic rings. The van der Waals surface area contributed by atoms with Gasteiger partial charge in [0.15, 0.2) is 0 Å². The lowest BCUT2D eigenvalue weighted by atomic mass is 9.87. The molecule has 1 atom stereocenters. The molecule has 2 amide bonds. The normalized spacial score (nSPS) is 22.9. The Kier molecular flexibility index (Phi) is 6.21. The maximum atomic E-state index is 12.1. The van der Waals surface area contributed by atoms with E-state index in [2.05, 4.69) is 10.6 Å². The van der Waals surface area contributed by atoms with Gasteiger partial charge in [-0.25, -0.2) is 4.79 Å². The van der Waals surface area contributed by atoms with Crippen LogP contribution in [-0.4, -0.2) is 30.9 Å². The fourth-order valence-electron chi connectivity index (χ4n) is 2.85. The molecule has 5 nitrogen and oxygen atoms in total. The predicted octanol–water partition coefficient (Wildman–Crippen LogP) is 3.07. The smallest absolute Gasteiger partial charge is 0.319 e. The van der Waals surface area contributed by atoms with Gasteiger partial charge in [0, 0.05) is 25.4 Å². The van der Waals surface area contributed by atoms with E-state index < -0.39 is 0 Å². The summed E-state index contributed by atoms with van der Waals surface area (Å²) in [6.07, 6.45) is 3.81. The Hall–Kier alpha value is -1.59. The molecular formula is C17H26N2O3. The minimum Gasteiger partial charge on any atom is -0.396 e. The molecule has 1 aromatic rings. The number of hydrogen-bond donors (Lipinski definition) is 3. The van der Waals surface area contributed by atoms with Crippen molar-refractivity contribution in [2.75, 3.05) is 19.0 Å². The van der Waals surface area contributed by atoms with Crippen LogP contribution in [0.1, 0.15) is 44.3 Å². The monoisotopic (exact) mass is 306 g/mol. The Balaban J connectivity index is 1.84. The van der Waals surface area contributed by atoms with Crippen LogP contribution in [0.3, 0.4) is 0 Å². The Morgan fingerprint density at radius 2 is 2.09 bits per heavy atom. The lowest BCUT2D eigenvalue weighted by molar-refractivity contribution is 0.119. The molecule has 1 aromatic carbocycles. The summed E-state index contributed by atoms with van der Waals surface area (Å²) in [5.41, 5.74) is 1.80. The fourth-order valence-corrected chi connectivity index (χ4v) is 2.85. The number of anilines is 1. The minimum atomic E-state index is -0.172. The third-order valence-corrected chi connectivity index (χ3v) is 4.41. The maximum absolute atomic E-state index is 12.1. The van der Waals surface area contributed by atoms with Gasteiger partial charge >= 0.3 is 6.03 Å². The molecule has 0 saturated heterocycles. The SMILES string of the molecule is COC(C)c1cccc(NC(=O)NC2CCC(CO)CC2)c1. The van der Waals surface area contributed by atoms with Crippen molar-refractivity contribution in [1.29, 1.82) is 0 Å². The molecule has 1 saturated carbocycles. The largest absolute Gasteiger partial charge is 0.396 e. The van der Waals surface area contributed by atoms with Crippen molar-refractivity contribution in [3.05, 3.63) is 29.8 Å². The molecule has 0 bridgehead atoms. The number of aliphatic hydroxyl groups is 1. The molecule has 1 fully saturated rings. The van der Waals surface area contributed by atoms with Crippen LogP contribution >= 0.6 is 0 Å². The average molecular weight is 306 g/mol. The number of amides is 2. The number of carbonyl (C=O) groups excluding carboxylic acids is 1. The van der Waals surface area contributed by atoms with Gasteiger partial charge in [-0.2, -0.15) is 0 Å². The van der Waals surface area contributed by atoms with Crippen molar-refractivity contribution in [3.63, 3.8) is 0 Å². The third kappa shape index (κ3) is 4.71. The number of hydrogen-bond acceptors (Lipinski definition) is 3. The van der Waals surface area contributed by atoms with Gasteiger partial charge in [0.1, 0.15) is 0 Å². The summed E-state index contributed by atoms with van der Waals surface area (Å²) in [5, 5.41) is 15.0. The first-order chi connectivity index (χ1) is 10.6. The number of urea groups is 1. The van der Waals surface area contributed by atoms with Gasteiger partial charge in [-0.3, -0.25) is 0 Å². The van der Waals surface area contributed by atoms with Crippen molar-refractivity contribution in [3.8, 4) is 0 Å². The van der Waals surface area contributed by atoms with Gasteiger partial charge < -0.3 is 20.5 Å². The molecule has 0 spiro atoms. The summed E-state index contributed by atoms with van der Waals surface area (Å²) in [5.74, 6) is 0.397. The summed E-state index contributed by atoms with van der Waals surface area (Å²) in [7, 11) is 1.67. The molecule has 1 unspecified atom stereocenters. The van der Waals surface area contributed by atoms with E-state index in [4.69, 9.17) is 9.84 Å². The van der Waals surface area contributed by atoms with E-state index in [-0.39, 0.29) is 24.8 Å². The van der Waals surface area contributed by atoms with Crippen LogP contribution in [0.2, 0.25) is 0 Å². The zero-order valence-corrected chi connectivity index (χ0v) is 13.3. The fraction of sp³-hybridized carbons (Fsp3) is 0.588. The number of aliphatic hydroxyl groups excluding tert-OH is 1. The van der Waals surface area contributed by atoms with Crippen LogP contribution in [-0.2, 0) is 4.74 Å². The molecule has 2 rings (SSSR count).